The van der Waals surface area contributed by atoms with Crippen LogP contribution in [0.15, 0.2) is 29.3 Å². The van der Waals surface area contributed by atoms with Crippen LogP contribution in [-0.2, 0) is 6.54 Å². The van der Waals surface area contributed by atoms with Crippen LogP contribution < -0.4 is 15.4 Å². The smallest absolute Gasteiger partial charge is 0.191 e. The number of guanidine groups is 1. The molecule has 9 heteroatoms. The normalized spacial score (nSPS) is 15.4. The predicted molar refractivity (Wildman–Crippen MR) is 136 cm³/mol. The molecule has 1 aliphatic rings. The van der Waals surface area contributed by atoms with Gasteiger partial charge in [-0.3, -0.25) is 5.10 Å². The van der Waals surface area contributed by atoms with Gasteiger partial charge in [0.15, 0.2) is 11.8 Å². The molecule has 0 saturated carbocycles. The second kappa shape index (κ2) is 13.5. The van der Waals surface area contributed by atoms with E-state index in [1.807, 2.05) is 24.3 Å². The van der Waals surface area contributed by atoms with E-state index in [0.29, 0.717) is 12.4 Å². The first-order chi connectivity index (χ1) is 14.7. The van der Waals surface area contributed by atoms with E-state index in [1.54, 1.807) is 7.11 Å². The Labute approximate surface area is 202 Å². The van der Waals surface area contributed by atoms with Gasteiger partial charge in [0.05, 0.1) is 7.11 Å². The molecule has 1 aromatic heterocycles. The number of aromatic nitrogens is 3. The van der Waals surface area contributed by atoms with E-state index in [4.69, 9.17) is 4.74 Å². The molecule has 0 radical (unpaired) electrons. The average molecular weight is 541 g/mol. The summed E-state index contributed by atoms with van der Waals surface area (Å²) in [6.07, 6.45) is 3.77. The Bertz CT molecular complexity index is 785. The van der Waals surface area contributed by atoms with Crippen molar-refractivity contribution in [2.45, 2.75) is 39.7 Å². The molecule has 0 spiro atoms. The zero-order valence-electron chi connectivity index (χ0n) is 18.9. The molecule has 0 atom stereocenters. The molecule has 1 aliphatic heterocycles. The summed E-state index contributed by atoms with van der Waals surface area (Å²) in [5.74, 6) is 3.91. The number of hydrogen-bond acceptors (Lipinski definition) is 5. The number of aromatic amines is 1. The van der Waals surface area contributed by atoms with Gasteiger partial charge in [-0.1, -0.05) is 6.92 Å². The van der Waals surface area contributed by atoms with E-state index in [1.165, 1.54) is 25.9 Å². The van der Waals surface area contributed by atoms with Gasteiger partial charge in [-0.15, -0.1) is 24.0 Å². The van der Waals surface area contributed by atoms with Gasteiger partial charge in [0, 0.05) is 18.7 Å². The van der Waals surface area contributed by atoms with Crippen LogP contribution in [0.5, 0.6) is 5.75 Å². The minimum Gasteiger partial charge on any atom is -0.497 e. The third kappa shape index (κ3) is 8.29. The summed E-state index contributed by atoms with van der Waals surface area (Å²) in [5.41, 5.74) is 0.944. The van der Waals surface area contributed by atoms with Crippen molar-refractivity contribution in [3.63, 3.8) is 0 Å². The van der Waals surface area contributed by atoms with E-state index in [9.17, 15) is 0 Å². The van der Waals surface area contributed by atoms with Gasteiger partial charge in [0.2, 0.25) is 0 Å². The number of methoxy groups -OCH3 is 1. The van der Waals surface area contributed by atoms with Crippen LogP contribution in [0.1, 0.15) is 38.9 Å². The molecule has 2 heterocycles. The van der Waals surface area contributed by atoms with Gasteiger partial charge >= 0.3 is 0 Å². The van der Waals surface area contributed by atoms with Crippen molar-refractivity contribution in [3.8, 4) is 17.1 Å². The topological polar surface area (TPSA) is 90.5 Å². The van der Waals surface area contributed by atoms with E-state index < -0.39 is 0 Å². The Morgan fingerprint density at radius 1 is 1.23 bits per heavy atom. The fraction of sp³-hybridized carbons (Fsp3) is 0.591. The quantitative estimate of drug-likeness (QED) is 0.196. The molecule has 1 fully saturated rings. The van der Waals surface area contributed by atoms with Crippen molar-refractivity contribution >= 4 is 29.9 Å². The van der Waals surface area contributed by atoms with Gasteiger partial charge in [0.1, 0.15) is 18.1 Å². The Balaban J connectivity index is 0.00000341. The highest BCUT2D eigenvalue weighted by Gasteiger charge is 2.14. The van der Waals surface area contributed by atoms with Crippen LogP contribution >= 0.6 is 24.0 Å². The fourth-order valence-corrected chi connectivity index (χ4v) is 3.53. The van der Waals surface area contributed by atoms with E-state index in [-0.39, 0.29) is 24.0 Å². The van der Waals surface area contributed by atoms with Crippen molar-refractivity contribution in [3.05, 3.63) is 30.1 Å². The maximum atomic E-state index is 5.19. The monoisotopic (exact) mass is 541 g/mol. The van der Waals surface area contributed by atoms with Gasteiger partial charge < -0.3 is 20.3 Å². The minimum atomic E-state index is 0. The van der Waals surface area contributed by atoms with Gasteiger partial charge in [0.25, 0.3) is 0 Å². The van der Waals surface area contributed by atoms with Crippen molar-refractivity contribution in [2.24, 2.45) is 10.9 Å². The Kier molecular flexibility index (Phi) is 11.1. The number of benzene rings is 1. The molecule has 1 saturated heterocycles. The number of nitrogens with zero attached hydrogens (tertiary/aromatic N) is 4. The summed E-state index contributed by atoms with van der Waals surface area (Å²) in [6.45, 7) is 10.2. The van der Waals surface area contributed by atoms with Gasteiger partial charge in [-0.25, -0.2) is 9.98 Å². The number of aliphatic imine (C=N–C) groups is 1. The average Bonchev–Trinajstić information content (AvgIpc) is 3.25. The summed E-state index contributed by atoms with van der Waals surface area (Å²) in [4.78, 5) is 11.8. The predicted octanol–water partition coefficient (Wildman–Crippen LogP) is 3.28. The number of ether oxygens (including phenoxy) is 1. The third-order valence-electron chi connectivity index (χ3n) is 5.43. The molecule has 0 unspecified atom stereocenters. The third-order valence-corrected chi connectivity index (χ3v) is 5.43. The second-order valence-corrected chi connectivity index (χ2v) is 7.83. The molecule has 31 heavy (non-hydrogen) atoms. The van der Waals surface area contributed by atoms with Crippen molar-refractivity contribution in [1.29, 1.82) is 0 Å². The molecular weight excluding hydrogens is 505 g/mol. The van der Waals surface area contributed by atoms with Crippen LogP contribution in [0.4, 0.5) is 0 Å². The Morgan fingerprint density at radius 3 is 2.65 bits per heavy atom. The standard InChI is InChI=1S/C22H35N7O.HI/c1-4-23-22(24-12-5-13-29-14-10-17(2)11-15-29)25-16-20-26-21(28-27-20)18-6-8-19(30-3)9-7-18;/h6-9,17H,4-5,10-16H2,1-3H3,(H2,23,24,25)(H,26,27,28);1H. The van der Waals surface area contributed by atoms with Crippen molar-refractivity contribution in [2.75, 3.05) is 39.8 Å². The zero-order valence-corrected chi connectivity index (χ0v) is 21.2. The summed E-state index contributed by atoms with van der Waals surface area (Å²) >= 11 is 0. The second-order valence-electron chi connectivity index (χ2n) is 7.83. The Morgan fingerprint density at radius 2 is 1.97 bits per heavy atom. The number of hydrogen-bond donors (Lipinski definition) is 3. The fourth-order valence-electron chi connectivity index (χ4n) is 3.53. The van der Waals surface area contributed by atoms with Crippen LogP contribution in [0.3, 0.4) is 0 Å². The number of piperidine rings is 1. The zero-order chi connectivity index (χ0) is 21.2. The van der Waals surface area contributed by atoms with Crippen molar-refractivity contribution < 1.29 is 4.74 Å². The first-order valence-electron chi connectivity index (χ1n) is 11.0. The van der Waals surface area contributed by atoms with E-state index >= 15 is 0 Å². The highest BCUT2D eigenvalue weighted by Crippen LogP contribution is 2.19. The maximum absolute atomic E-state index is 5.19. The summed E-state index contributed by atoms with van der Waals surface area (Å²) in [6, 6.07) is 7.70. The van der Waals surface area contributed by atoms with Crippen LogP contribution in [0.2, 0.25) is 0 Å². The van der Waals surface area contributed by atoms with Crippen LogP contribution in [-0.4, -0.2) is 65.9 Å². The lowest BCUT2D eigenvalue weighted by Crippen LogP contribution is -2.39. The number of H-pyrrole nitrogens is 1. The van der Waals surface area contributed by atoms with E-state index in [0.717, 1.165) is 55.1 Å². The molecular formula is C22H36IN7O. The van der Waals surface area contributed by atoms with Crippen LogP contribution in [0, 0.1) is 5.92 Å². The Hall–Kier alpha value is -1.88. The van der Waals surface area contributed by atoms with Crippen LogP contribution in [0.25, 0.3) is 11.4 Å². The number of halogens is 1. The summed E-state index contributed by atoms with van der Waals surface area (Å²) in [5, 5.41) is 14.0. The van der Waals surface area contributed by atoms with Crippen molar-refractivity contribution in [1.82, 2.24) is 30.7 Å². The largest absolute Gasteiger partial charge is 0.497 e. The molecule has 1 aromatic carbocycles. The number of likely N-dealkylation sites (tertiary alicyclic amines) is 1. The lowest BCUT2D eigenvalue weighted by atomic mass is 9.99. The molecule has 3 N–H and O–H groups in total. The van der Waals surface area contributed by atoms with E-state index in [2.05, 4.69) is 49.6 Å². The lowest BCUT2D eigenvalue weighted by molar-refractivity contribution is 0.191. The first-order valence-corrected chi connectivity index (χ1v) is 11.0. The number of nitrogens with one attached hydrogen (secondary N) is 3. The highest BCUT2D eigenvalue weighted by atomic mass is 127. The number of rotatable bonds is 9. The lowest BCUT2D eigenvalue weighted by Gasteiger charge is -2.30. The molecule has 0 aliphatic carbocycles. The molecule has 3 rings (SSSR count). The molecule has 172 valence electrons. The molecule has 0 bridgehead atoms. The highest BCUT2D eigenvalue weighted by molar-refractivity contribution is 14.0. The molecule has 2 aromatic rings. The molecule has 0 amide bonds. The summed E-state index contributed by atoms with van der Waals surface area (Å²) in [7, 11) is 1.65. The maximum Gasteiger partial charge on any atom is 0.191 e. The summed E-state index contributed by atoms with van der Waals surface area (Å²) < 4.78 is 5.19. The van der Waals surface area contributed by atoms with Gasteiger partial charge in [-0.05, 0) is 76.0 Å². The SMILES string of the molecule is CCNC(=NCc1nc(-c2ccc(OC)cc2)n[nH]1)NCCCN1CCC(C)CC1.I. The first kappa shape index (κ1) is 25.4. The van der Waals surface area contributed by atoms with Gasteiger partial charge in [-0.2, -0.15) is 5.10 Å². The minimum absolute atomic E-state index is 0. The molecule has 8 nitrogen and oxygen atoms in total.